The van der Waals surface area contributed by atoms with E-state index in [0.29, 0.717) is 0 Å². The number of benzene rings is 2. The molecule has 0 amide bonds. The summed E-state index contributed by atoms with van der Waals surface area (Å²) in [4.78, 5) is 0. The Morgan fingerprint density at radius 1 is 0.923 bits per heavy atom. The topological polar surface area (TPSA) is 0 Å². The Bertz CT molecular complexity index is 393. The first-order valence-electron chi connectivity index (χ1n) is 4.09. The van der Waals surface area contributed by atoms with E-state index in [4.69, 9.17) is 0 Å². The van der Waals surface area contributed by atoms with Gasteiger partial charge in [0.25, 0.3) is 0 Å². The van der Waals surface area contributed by atoms with E-state index in [1.165, 1.54) is 14.7 Å². The molecule has 2 aromatic rings. The van der Waals surface area contributed by atoms with E-state index >= 15 is 0 Å². The fourth-order valence-electron chi connectivity index (χ4n) is 1.26. The minimum atomic E-state index is 1.25. The van der Waals surface area contributed by atoms with Crippen molar-refractivity contribution in [2.45, 2.75) is 0 Å². The van der Waals surface area contributed by atoms with E-state index < -0.39 is 0 Å². The smallest absolute Gasteiger partial charge is 0.0208 e. The molecule has 0 aliphatic rings. The molecule has 0 heterocycles. The van der Waals surface area contributed by atoms with Crippen molar-refractivity contribution >= 4 is 22.6 Å². The third kappa shape index (κ3) is 1.91. The summed E-state index contributed by atoms with van der Waals surface area (Å²) in [6.07, 6.45) is 0. The average Bonchev–Trinajstić information content (AvgIpc) is 2.20. The number of hydrogen-bond donors (Lipinski definition) is 0. The summed E-state index contributed by atoms with van der Waals surface area (Å²) in [5, 5.41) is 0. The van der Waals surface area contributed by atoms with Crippen molar-refractivity contribution in [3.05, 3.63) is 58.2 Å². The van der Waals surface area contributed by atoms with E-state index in [0.717, 1.165) is 0 Å². The first kappa shape index (κ1) is 8.75. The van der Waals surface area contributed by atoms with Gasteiger partial charge < -0.3 is 0 Å². The highest BCUT2D eigenvalue weighted by molar-refractivity contribution is 14.1. The molecule has 0 spiro atoms. The van der Waals surface area contributed by atoms with Gasteiger partial charge in [0.15, 0.2) is 0 Å². The maximum atomic E-state index is 3.02. The lowest BCUT2D eigenvalue weighted by Gasteiger charge is -2.02. The van der Waals surface area contributed by atoms with Gasteiger partial charge in [-0.2, -0.15) is 0 Å². The Labute approximate surface area is 91.8 Å². The second-order valence-corrected chi connectivity index (χ2v) is 3.93. The van der Waals surface area contributed by atoms with E-state index in [1.54, 1.807) is 0 Å². The van der Waals surface area contributed by atoms with Crippen molar-refractivity contribution in [2.24, 2.45) is 0 Å². The van der Waals surface area contributed by atoms with Crippen LogP contribution in [-0.2, 0) is 0 Å². The first-order valence-corrected chi connectivity index (χ1v) is 5.17. The quantitative estimate of drug-likeness (QED) is 0.697. The lowest BCUT2D eigenvalue weighted by Crippen LogP contribution is -1.80. The molecule has 2 aromatic carbocycles. The molecule has 0 aliphatic carbocycles. The zero-order chi connectivity index (χ0) is 9.10. The highest BCUT2D eigenvalue weighted by atomic mass is 127. The van der Waals surface area contributed by atoms with E-state index in [1.807, 2.05) is 12.1 Å². The molecule has 0 aliphatic heterocycles. The van der Waals surface area contributed by atoms with Gasteiger partial charge >= 0.3 is 0 Å². The van der Waals surface area contributed by atoms with Crippen molar-refractivity contribution in [1.29, 1.82) is 0 Å². The lowest BCUT2D eigenvalue weighted by atomic mass is 10.1. The van der Waals surface area contributed by atoms with Crippen LogP contribution in [0.2, 0.25) is 0 Å². The number of halogens is 1. The molecule has 0 fully saturated rings. The van der Waals surface area contributed by atoms with Crippen molar-refractivity contribution in [3.8, 4) is 11.1 Å². The molecule has 63 valence electrons. The summed E-state index contributed by atoms with van der Waals surface area (Å²) in [5.41, 5.74) is 2.54. The molecule has 0 atom stereocenters. The van der Waals surface area contributed by atoms with Crippen LogP contribution in [0.1, 0.15) is 0 Å². The summed E-state index contributed by atoms with van der Waals surface area (Å²) in [6, 6.07) is 19.4. The molecule has 13 heavy (non-hydrogen) atoms. The van der Waals surface area contributed by atoms with Crippen LogP contribution in [-0.4, -0.2) is 0 Å². The third-order valence-corrected chi connectivity index (χ3v) is 2.84. The van der Waals surface area contributed by atoms with Crippen molar-refractivity contribution in [3.63, 3.8) is 0 Å². The van der Waals surface area contributed by atoms with Crippen LogP contribution in [0.15, 0.2) is 48.5 Å². The minimum absolute atomic E-state index is 1.25. The van der Waals surface area contributed by atoms with Gasteiger partial charge in [-0.05, 0) is 45.9 Å². The van der Waals surface area contributed by atoms with Crippen LogP contribution in [0, 0.1) is 9.64 Å². The zero-order valence-corrected chi connectivity index (χ0v) is 9.15. The molecule has 0 saturated carbocycles. The van der Waals surface area contributed by atoms with Crippen LogP contribution in [0.5, 0.6) is 0 Å². The number of rotatable bonds is 1. The summed E-state index contributed by atoms with van der Waals surface area (Å²) in [6.45, 7) is 0. The summed E-state index contributed by atoms with van der Waals surface area (Å²) in [5.74, 6) is 0. The van der Waals surface area contributed by atoms with Gasteiger partial charge in [-0.15, -0.1) is 0 Å². The van der Waals surface area contributed by atoms with Crippen LogP contribution in [0.25, 0.3) is 11.1 Å². The SMILES string of the molecule is Ic1ccccc1-c1cc[c]cc1. The molecule has 2 rings (SSSR count). The molecule has 0 N–H and O–H groups in total. The molecule has 0 nitrogen and oxygen atoms in total. The summed E-state index contributed by atoms with van der Waals surface area (Å²) < 4.78 is 1.28. The molecule has 0 unspecified atom stereocenters. The Hall–Kier alpha value is -0.830. The Balaban J connectivity index is 2.54. The normalized spacial score (nSPS) is 9.92. The van der Waals surface area contributed by atoms with Gasteiger partial charge in [0.2, 0.25) is 0 Å². The van der Waals surface area contributed by atoms with Crippen LogP contribution in [0.4, 0.5) is 0 Å². The maximum Gasteiger partial charge on any atom is 0.0208 e. The van der Waals surface area contributed by atoms with Crippen molar-refractivity contribution in [1.82, 2.24) is 0 Å². The predicted octanol–water partition coefficient (Wildman–Crippen LogP) is 3.76. The van der Waals surface area contributed by atoms with E-state index in [2.05, 4.69) is 65.1 Å². The Kier molecular flexibility index (Phi) is 2.64. The molecular weight excluding hydrogens is 271 g/mol. The molecule has 0 aromatic heterocycles. The molecule has 1 heteroatoms. The average molecular weight is 279 g/mol. The van der Waals surface area contributed by atoms with Gasteiger partial charge in [-0.25, -0.2) is 0 Å². The van der Waals surface area contributed by atoms with Crippen molar-refractivity contribution in [2.75, 3.05) is 0 Å². The standard InChI is InChI=1S/C12H8I/c13-12-9-5-4-8-11(12)10-6-2-1-3-7-10/h2-9H. The minimum Gasteiger partial charge on any atom is -0.0616 e. The molecule has 0 bridgehead atoms. The number of hydrogen-bond acceptors (Lipinski definition) is 0. The zero-order valence-electron chi connectivity index (χ0n) is 7.00. The van der Waals surface area contributed by atoms with Crippen LogP contribution >= 0.6 is 22.6 Å². The second kappa shape index (κ2) is 3.92. The largest absolute Gasteiger partial charge is 0.0616 e. The molecular formula is C12H8I. The highest BCUT2D eigenvalue weighted by Gasteiger charge is 1.99. The highest BCUT2D eigenvalue weighted by Crippen LogP contribution is 2.23. The monoisotopic (exact) mass is 279 g/mol. The second-order valence-electron chi connectivity index (χ2n) is 2.77. The van der Waals surface area contributed by atoms with Gasteiger partial charge in [0.1, 0.15) is 0 Å². The fourth-order valence-corrected chi connectivity index (χ4v) is 1.96. The lowest BCUT2D eigenvalue weighted by molar-refractivity contribution is 1.58. The van der Waals surface area contributed by atoms with Crippen molar-refractivity contribution < 1.29 is 0 Å². The van der Waals surface area contributed by atoms with Gasteiger partial charge in [-0.1, -0.05) is 42.5 Å². The molecule has 1 radical (unpaired) electrons. The van der Waals surface area contributed by atoms with Gasteiger partial charge in [0, 0.05) is 3.57 Å². The fraction of sp³-hybridized carbons (Fsp3) is 0. The predicted molar refractivity (Wildman–Crippen MR) is 63.4 cm³/mol. The van der Waals surface area contributed by atoms with Gasteiger partial charge in [0.05, 0.1) is 0 Å². The summed E-state index contributed by atoms with van der Waals surface area (Å²) in [7, 11) is 0. The van der Waals surface area contributed by atoms with Gasteiger partial charge in [-0.3, -0.25) is 0 Å². The van der Waals surface area contributed by atoms with Crippen LogP contribution in [0.3, 0.4) is 0 Å². The van der Waals surface area contributed by atoms with Crippen LogP contribution < -0.4 is 0 Å². The molecule has 0 saturated heterocycles. The summed E-state index contributed by atoms with van der Waals surface area (Å²) >= 11 is 2.35. The van der Waals surface area contributed by atoms with E-state index in [-0.39, 0.29) is 0 Å². The van der Waals surface area contributed by atoms with E-state index in [9.17, 15) is 0 Å². The Morgan fingerprint density at radius 3 is 2.31 bits per heavy atom. The first-order chi connectivity index (χ1) is 6.38. The Morgan fingerprint density at radius 2 is 1.62 bits per heavy atom. The third-order valence-electron chi connectivity index (χ3n) is 1.90. The maximum absolute atomic E-state index is 3.02.